The Hall–Kier alpha value is -1.20. The molecule has 0 bridgehead atoms. The van der Waals surface area contributed by atoms with Gasteiger partial charge in [-0.2, -0.15) is 0 Å². The van der Waals surface area contributed by atoms with Crippen LogP contribution in [0.1, 0.15) is 33.3 Å². The molecule has 110 valence electrons. The van der Waals surface area contributed by atoms with Crippen LogP contribution in [-0.4, -0.2) is 32.5 Å². The number of benzene rings is 1. The van der Waals surface area contributed by atoms with E-state index in [4.69, 9.17) is 18.8 Å². The van der Waals surface area contributed by atoms with E-state index in [2.05, 4.69) is 0 Å². The van der Waals surface area contributed by atoms with E-state index in [1.807, 2.05) is 46.8 Å². The van der Waals surface area contributed by atoms with E-state index < -0.39 is 7.12 Å². The van der Waals surface area contributed by atoms with Gasteiger partial charge in [-0.1, -0.05) is 0 Å². The van der Waals surface area contributed by atoms with Crippen molar-refractivity contribution in [2.45, 2.75) is 45.8 Å². The Labute approximate surface area is 121 Å². The van der Waals surface area contributed by atoms with Crippen molar-refractivity contribution >= 4 is 12.6 Å². The van der Waals surface area contributed by atoms with Crippen molar-refractivity contribution < 1.29 is 18.8 Å². The van der Waals surface area contributed by atoms with Crippen molar-refractivity contribution in [1.82, 2.24) is 0 Å². The van der Waals surface area contributed by atoms with Gasteiger partial charge in [-0.15, -0.1) is 0 Å². The van der Waals surface area contributed by atoms with Crippen LogP contribution in [-0.2, 0) is 9.31 Å². The molecule has 20 heavy (non-hydrogen) atoms. The fraction of sp³-hybridized carbons (Fsp3) is 0.600. The molecule has 0 amide bonds. The van der Waals surface area contributed by atoms with Crippen LogP contribution in [0.15, 0.2) is 12.1 Å². The highest BCUT2D eigenvalue weighted by atomic mass is 16.7. The van der Waals surface area contributed by atoms with Gasteiger partial charge in [0.05, 0.1) is 25.4 Å². The standard InChI is InChI=1S/C15H23BO4/c1-10-8-11(17-6)9-12(13(10)18-7)16-19-14(2,3)15(4,5)20-16/h8-9H,1-7H3. The molecular formula is C15H23BO4. The Balaban J connectivity index is 2.46. The van der Waals surface area contributed by atoms with Crippen LogP contribution in [0.4, 0.5) is 0 Å². The molecule has 1 fully saturated rings. The normalized spacial score (nSPS) is 20.1. The van der Waals surface area contributed by atoms with Gasteiger partial charge < -0.3 is 18.8 Å². The summed E-state index contributed by atoms with van der Waals surface area (Å²) in [5.41, 5.74) is 1.11. The number of ether oxygens (including phenoxy) is 2. The minimum absolute atomic E-state index is 0.375. The lowest BCUT2D eigenvalue weighted by Gasteiger charge is -2.32. The highest BCUT2D eigenvalue weighted by Crippen LogP contribution is 2.37. The average Bonchev–Trinajstić information content (AvgIpc) is 2.57. The van der Waals surface area contributed by atoms with Gasteiger partial charge in [-0.05, 0) is 52.3 Å². The Morgan fingerprint density at radius 3 is 1.95 bits per heavy atom. The first-order valence-electron chi connectivity index (χ1n) is 6.80. The lowest BCUT2D eigenvalue weighted by molar-refractivity contribution is 0.00578. The van der Waals surface area contributed by atoms with Gasteiger partial charge in [0.2, 0.25) is 0 Å². The number of methoxy groups -OCH3 is 2. The zero-order valence-corrected chi connectivity index (χ0v) is 13.4. The smallest absolute Gasteiger partial charge is 0.497 e. The minimum Gasteiger partial charge on any atom is -0.497 e. The lowest BCUT2D eigenvalue weighted by Crippen LogP contribution is -2.41. The second kappa shape index (κ2) is 4.97. The molecule has 2 rings (SSSR count). The molecule has 0 N–H and O–H groups in total. The number of aryl methyl sites for hydroxylation is 1. The third kappa shape index (κ3) is 2.40. The molecule has 4 nitrogen and oxygen atoms in total. The highest BCUT2D eigenvalue weighted by Gasteiger charge is 2.52. The van der Waals surface area contributed by atoms with Crippen molar-refractivity contribution in [3.8, 4) is 11.5 Å². The van der Waals surface area contributed by atoms with Gasteiger partial charge in [0, 0.05) is 5.46 Å². The summed E-state index contributed by atoms with van der Waals surface area (Å²) in [6, 6.07) is 3.85. The van der Waals surface area contributed by atoms with Crippen LogP contribution in [0, 0.1) is 6.92 Å². The maximum atomic E-state index is 6.09. The molecular weight excluding hydrogens is 255 g/mol. The third-order valence-corrected chi connectivity index (χ3v) is 4.22. The van der Waals surface area contributed by atoms with Crippen molar-refractivity contribution in [2.24, 2.45) is 0 Å². The first-order chi connectivity index (χ1) is 9.21. The molecule has 0 aromatic heterocycles. The van der Waals surface area contributed by atoms with E-state index in [9.17, 15) is 0 Å². The first kappa shape index (κ1) is 15.2. The van der Waals surface area contributed by atoms with Crippen LogP contribution in [0.25, 0.3) is 0 Å². The predicted octanol–water partition coefficient (Wildman–Crippen LogP) is 2.31. The first-order valence-corrected chi connectivity index (χ1v) is 6.80. The fourth-order valence-electron chi connectivity index (χ4n) is 2.31. The molecule has 0 atom stereocenters. The van der Waals surface area contributed by atoms with Crippen molar-refractivity contribution in [3.05, 3.63) is 17.7 Å². The maximum absolute atomic E-state index is 6.09. The predicted molar refractivity (Wildman–Crippen MR) is 80.0 cm³/mol. The summed E-state index contributed by atoms with van der Waals surface area (Å²) < 4.78 is 23.0. The SMILES string of the molecule is COc1cc(C)c(OC)c(B2OC(C)(C)C(C)(C)O2)c1. The summed E-state index contributed by atoms with van der Waals surface area (Å²) in [7, 11) is 2.85. The van der Waals surface area contributed by atoms with Crippen LogP contribution in [0.3, 0.4) is 0 Å². The van der Waals surface area contributed by atoms with Crippen LogP contribution < -0.4 is 14.9 Å². The van der Waals surface area contributed by atoms with Crippen LogP contribution in [0.5, 0.6) is 11.5 Å². The molecule has 1 aromatic carbocycles. The Bertz CT molecular complexity index is 495. The van der Waals surface area contributed by atoms with E-state index in [0.717, 1.165) is 22.5 Å². The second-order valence-corrected chi connectivity index (χ2v) is 6.16. The summed E-state index contributed by atoms with van der Waals surface area (Å²) >= 11 is 0. The average molecular weight is 278 g/mol. The lowest BCUT2D eigenvalue weighted by atomic mass is 9.77. The maximum Gasteiger partial charge on any atom is 0.498 e. The van der Waals surface area contributed by atoms with Gasteiger partial charge >= 0.3 is 7.12 Å². The fourth-order valence-corrected chi connectivity index (χ4v) is 2.31. The van der Waals surface area contributed by atoms with Gasteiger partial charge in [0.15, 0.2) is 0 Å². The van der Waals surface area contributed by atoms with E-state index in [1.165, 1.54) is 0 Å². The molecule has 0 saturated carbocycles. The molecule has 0 spiro atoms. The van der Waals surface area contributed by atoms with Gasteiger partial charge in [-0.25, -0.2) is 0 Å². The van der Waals surface area contributed by atoms with E-state index in [1.54, 1.807) is 14.2 Å². The van der Waals surface area contributed by atoms with Crippen molar-refractivity contribution in [2.75, 3.05) is 14.2 Å². The quantitative estimate of drug-likeness (QED) is 0.795. The molecule has 1 saturated heterocycles. The summed E-state index contributed by atoms with van der Waals surface area (Å²) in [6.07, 6.45) is 0. The second-order valence-electron chi connectivity index (χ2n) is 6.16. The monoisotopic (exact) mass is 278 g/mol. The number of rotatable bonds is 3. The molecule has 0 unspecified atom stereocenters. The molecule has 1 aromatic rings. The Morgan fingerprint density at radius 1 is 0.950 bits per heavy atom. The number of hydrogen-bond acceptors (Lipinski definition) is 4. The summed E-state index contributed by atoms with van der Waals surface area (Å²) in [5.74, 6) is 1.55. The molecule has 5 heteroatoms. The largest absolute Gasteiger partial charge is 0.498 e. The molecule has 0 aliphatic carbocycles. The van der Waals surface area contributed by atoms with E-state index >= 15 is 0 Å². The van der Waals surface area contributed by atoms with Crippen molar-refractivity contribution in [1.29, 1.82) is 0 Å². The number of hydrogen-bond donors (Lipinski definition) is 0. The summed E-state index contributed by atoms with van der Waals surface area (Å²) in [4.78, 5) is 0. The van der Waals surface area contributed by atoms with Crippen molar-refractivity contribution in [3.63, 3.8) is 0 Å². The zero-order valence-electron chi connectivity index (χ0n) is 13.4. The Morgan fingerprint density at radius 2 is 1.50 bits per heavy atom. The summed E-state index contributed by atoms with van der Waals surface area (Å²) in [5, 5.41) is 0. The molecule has 0 radical (unpaired) electrons. The highest BCUT2D eigenvalue weighted by molar-refractivity contribution is 6.63. The van der Waals surface area contributed by atoms with Gasteiger partial charge in [0.25, 0.3) is 0 Å². The zero-order chi connectivity index (χ0) is 15.1. The molecule has 1 aliphatic rings. The van der Waals surface area contributed by atoms with Crippen LogP contribution >= 0.6 is 0 Å². The van der Waals surface area contributed by atoms with Crippen LogP contribution in [0.2, 0.25) is 0 Å². The van der Waals surface area contributed by atoms with E-state index in [0.29, 0.717) is 0 Å². The summed E-state index contributed by atoms with van der Waals surface area (Å²) in [6.45, 7) is 10.1. The third-order valence-electron chi connectivity index (χ3n) is 4.22. The van der Waals surface area contributed by atoms with E-state index in [-0.39, 0.29) is 11.2 Å². The topological polar surface area (TPSA) is 36.9 Å². The van der Waals surface area contributed by atoms with Gasteiger partial charge in [0.1, 0.15) is 11.5 Å². The minimum atomic E-state index is -0.455. The molecule has 1 heterocycles. The Kier molecular flexibility index (Phi) is 3.78. The van der Waals surface area contributed by atoms with Gasteiger partial charge in [-0.3, -0.25) is 0 Å². The molecule has 1 aliphatic heterocycles.